The molecule has 0 saturated carbocycles. The summed E-state index contributed by atoms with van der Waals surface area (Å²) in [7, 11) is 1.73. The molecule has 2 aromatic rings. The molecule has 0 aliphatic heterocycles. The topological polar surface area (TPSA) is 21.3 Å². The molecule has 1 N–H and O–H groups in total. The number of benzene rings is 1. The van der Waals surface area contributed by atoms with E-state index >= 15 is 0 Å². The molecule has 1 aliphatic rings. The maximum Gasteiger partial charge on any atom is 0.0934 e. The third-order valence-corrected chi connectivity index (χ3v) is 4.83. The lowest BCUT2D eigenvalue weighted by Crippen LogP contribution is -2.08. The van der Waals surface area contributed by atoms with E-state index in [0.29, 0.717) is 12.6 Å². The summed E-state index contributed by atoms with van der Waals surface area (Å²) in [6, 6.07) is 10.8. The van der Waals surface area contributed by atoms with Crippen molar-refractivity contribution in [1.82, 2.24) is 0 Å². The molecule has 1 unspecified atom stereocenters. The fourth-order valence-electron chi connectivity index (χ4n) is 2.61. The lowest BCUT2D eigenvalue weighted by molar-refractivity contribution is 0.185. The first-order valence-corrected chi connectivity index (χ1v) is 7.59. The van der Waals surface area contributed by atoms with Crippen LogP contribution >= 0.6 is 22.9 Å². The van der Waals surface area contributed by atoms with Crippen LogP contribution in [0.3, 0.4) is 0 Å². The maximum atomic E-state index is 6.10. The second-order valence-electron chi connectivity index (χ2n) is 4.75. The van der Waals surface area contributed by atoms with Crippen molar-refractivity contribution in [3.63, 3.8) is 0 Å². The highest BCUT2D eigenvalue weighted by Gasteiger charge is 2.25. The summed E-state index contributed by atoms with van der Waals surface area (Å²) in [6.45, 7) is 0.632. The molecule has 0 spiro atoms. The molecule has 1 aromatic carbocycles. The highest BCUT2D eigenvalue weighted by molar-refractivity contribution is 7.16. The Morgan fingerprint density at radius 2 is 2.26 bits per heavy atom. The first-order valence-electron chi connectivity index (χ1n) is 6.39. The number of methoxy groups -OCH3 is 1. The van der Waals surface area contributed by atoms with E-state index in [9.17, 15) is 0 Å². The number of hydrogen-bond acceptors (Lipinski definition) is 3. The van der Waals surface area contributed by atoms with Crippen LogP contribution in [-0.2, 0) is 17.8 Å². The molecule has 1 aliphatic carbocycles. The van der Waals surface area contributed by atoms with Crippen molar-refractivity contribution >= 4 is 28.6 Å². The number of fused-ring (bicyclic) bond motifs is 1. The minimum atomic E-state index is 0.372. The van der Waals surface area contributed by atoms with Crippen LogP contribution in [0.4, 0.5) is 5.69 Å². The van der Waals surface area contributed by atoms with E-state index in [1.54, 1.807) is 18.4 Å². The normalized spacial score (nSPS) is 17.5. The molecule has 100 valence electrons. The van der Waals surface area contributed by atoms with Gasteiger partial charge >= 0.3 is 0 Å². The monoisotopic (exact) mass is 293 g/mol. The quantitative estimate of drug-likeness (QED) is 0.886. The highest BCUT2D eigenvalue weighted by atomic mass is 35.5. The van der Waals surface area contributed by atoms with E-state index in [1.807, 2.05) is 6.07 Å². The van der Waals surface area contributed by atoms with Crippen molar-refractivity contribution in [3.05, 3.63) is 50.7 Å². The molecular weight excluding hydrogens is 278 g/mol. The minimum Gasteiger partial charge on any atom is -0.380 e. The first kappa shape index (κ1) is 13.0. The van der Waals surface area contributed by atoms with Gasteiger partial charge < -0.3 is 10.1 Å². The Morgan fingerprint density at radius 1 is 1.42 bits per heavy atom. The predicted octanol–water partition coefficient (Wildman–Crippen LogP) is 4.65. The number of aryl methyl sites for hydroxylation is 1. The SMILES string of the molecule is COCc1ccccc1NC1CCc2sc(Cl)cc21. The van der Waals surface area contributed by atoms with Crippen molar-refractivity contribution in [3.8, 4) is 0 Å². The summed E-state index contributed by atoms with van der Waals surface area (Å²) in [6.07, 6.45) is 2.26. The Kier molecular flexibility index (Phi) is 3.78. The molecule has 0 radical (unpaired) electrons. The Balaban J connectivity index is 1.83. The largest absolute Gasteiger partial charge is 0.380 e. The van der Waals surface area contributed by atoms with Crippen LogP contribution in [0.25, 0.3) is 0 Å². The lowest BCUT2D eigenvalue weighted by Gasteiger charge is -2.17. The zero-order chi connectivity index (χ0) is 13.2. The fourth-order valence-corrected chi connectivity index (χ4v) is 3.97. The predicted molar refractivity (Wildman–Crippen MR) is 81.2 cm³/mol. The third-order valence-electron chi connectivity index (χ3n) is 3.49. The molecule has 1 heterocycles. The summed E-state index contributed by atoms with van der Waals surface area (Å²) in [4.78, 5) is 1.42. The molecule has 1 atom stereocenters. The van der Waals surface area contributed by atoms with Crippen LogP contribution in [0.2, 0.25) is 4.34 Å². The van der Waals surface area contributed by atoms with Crippen molar-refractivity contribution < 1.29 is 4.74 Å². The van der Waals surface area contributed by atoms with Crippen LogP contribution in [0.15, 0.2) is 30.3 Å². The molecule has 19 heavy (non-hydrogen) atoms. The van der Waals surface area contributed by atoms with Crippen molar-refractivity contribution in [1.29, 1.82) is 0 Å². The van der Waals surface area contributed by atoms with Gasteiger partial charge in [-0.1, -0.05) is 29.8 Å². The Hall–Kier alpha value is -1.03. The lowest BCUT2D eigenvalue weighted by atomic mass is 10.1. The molecule has 3 rings (SSSR count). The molecule has 4 heteroatoms. The van der Waals surface area contributed by atoms with Crippen molar-refractivity contribution in [2.75, 3.05) is 12.4 Å². The number of ether oxygens (including phenoxy) is 1. The van der Waals surface area contributed by atoms with E-state index in [4.69, 9.17) is 16.3 Å². The van der Waals surface area contributed by atoms with Gasteiger partial charge in [-0.25, -0.2) is 0 Å². The maximum absolute atomic E-state index is 6.10. The van der Waals surface area contributed by atoms with Gasteiger partial charge in [-0.2, -0.15) is 0 Å². The van der Waals surface area contributed by atoms with Crippen LogP contribution in [0, 0.1) is 0 Å². The van der Waals surface area contributed by atoms with Gasteiger partial charge in [-0.15, -0.1) is 11.3 Å². The number of thiophene rings is 1. The number of hydrogen-bond donors (Lipinski definition) is 1. The van der Waals surface area contributed by atoms with E-state index in [-0.39, 0.29) is 0 Å². The number of nitrogens with one attached hydrogen (secondary N) is 1. The zero-order valence-corrected chi connectivity index (χ0v) is 12.4. The summed E-state index contributed by atoms with van der Waals surface area (Å²) in [5.74, 6) is 0. The van der Waals surface area contributed by atoms with Gasteiger partial charge in [0.2, 0.25) is 0 Å². The van der Waals surface area contributed by atoms with E-state index < -0.39 is 0 Å². The van der Waals surface area contributed by atoms with Crippen molar-refractivity contribution in [2.24, 2.45) is 0 Å². The molecule has 0 bridgehead atoms. The van der Waals surface area contributed by atoms with Crippen LogP contribution in [0.5, 0.6) is 0 Å². The van der Waals surface area contributed by atoms with Crippen LogP contribution in [-0.4, -0.2) is 7.11 Å². The molecule has 0 amide bonds. The van der Waals surface area contributed by atoms with Gasteiger partial charge in [-0.3, -0.25) is 0 Å². The van der Waals surface area contributed by atoms with E-state index in [1.165, 1.54) is 16.0 Å². The number of para-hydroxylation sites is 1. The van der Waals surface area contributed by atoms with E-state index in [0.717, 1.165) is 22.9 Å². The van der Waals surface area contributed by atoms with E-state index in [2.05, 4.69) is 29.6 Å². The van der Waals surface area contributed by atoms with Gasteiger partial charge in [0.1, 0.15) is 0 Å². The minimum absolute atomic E-state index is 0.372. The smallest absolute Gasteiger partial charge is 0.0934 e. The highest BCUT2D eigenvalue weighted by Crippen LogP contribution is 2.41. The summed E-state index contributed by atoms with van der Waals surface area (Å²) < 4.78 is 6.14. The van der Waals surface area contributed by atoms with Crippen molar-refractivity contribution in [2.45, 2.75) is 25.5 Å². The van der Waals surface area contributed by atoms with Gasteiger partial charge in [0, 0.05) is 23.2 Å². The van der Waals surface area contributed by atoms with Crippen LogP contribution in [0.1, 0.15) is 28.5 Å². The third kappa shape index (κ3) is 2.64. The second kappa shape index (κ2) is 5.53. The molecule has 0 saturated heterocycles. The number of rotatable bonds is 4. The van der Waals surface area contributed by atoms with Crippen LogP contribution < -0.4 is 5.32 Å². The summed E-state index contributed by atoms with van der Waals surface area (Å²) in [5.41, 5.74) is 3.71. The average molecular weight is 294 g/mol. The van der Waals surface area contributed by atoms with Gasteiger partial charge in [0.25, 0.3) is 0 Å². The Bertz CT molecular complexity index is 581. The molecule has 1 aromatic heterocycles. The standard InChI is InChI=1S/C15H16ClNOS/c1-18-9-10-4-2-3-5-12(10)17-13-6-7-14-11(13)8-15(16)19-14/h2-5,8,13,17H,6-7,9H2,1H3. The van der Waals surface area contributed by atoms with Gasteiger partial charge in [0.15, 0.2) is 0 Å². The van der Waals surface area contributed by atoms with Gasteiger partial charge in [-0.05, 0) is 30.5 Å². The summed E-state index contributed by atoms with van der Waals surface area (Å²) >= 11 is 7.80. The number of halogens is 1. The molecule has 0 fully saturated rings. The molecular formula is C15H16ClNOS. The Labute approximate surface area is 122 Å². The molecule has 2 nitrogen and oxygen atoms in total. The first-order chi connectivity index (χ1) is 9.28. The fraction of sp³-hybridized carbons (Fsp3) is 0.333. The Morgan fingerprint density at radius 3 is 3.11 bits per heavy atom. The van der Waals surface area contributed by atoms with Gasteiger partial charge in [0.05, 0.1) is 17.0 Å². The zero-order valence-electron chi connectivity index (χ0n) is 10.8. The second-order valence-corrected chi connectivity index (χ2v) is 6.52. The number of anilines is 1. The summed E-state index contributed by atoms with van der Waals surface area (Å²) in [5, 5.41) is 3.63. The average Bonchev–Trinajstić information content (AvgIpc) is 2.93.